The largest absolute Gasteiger partial charge is 0.508 e. The van der Waals surface area contributed by atoms with E-state index in [1.165, 1.54) is 0 Å². The van der Waals surface area contributed by atoms with Gasteiger partial charge in [0.25, 0.3) is 0 Å². The fraction of sp³-hybridized carbons (Fsp3) is 0.200. The number of carbonyl (C=O) groups excluding carboxylic acids is 1. The molecule has 0 radical (unpaired) electrons. The van der Waals surface area contributed by atoms with Gasteiger partial charge >= 0.3 is 0 Å². The average Bonchev–Trinajstić information content (AvgIpc) is 3.25. The minimum absolute atomic E-state index is 0.0151. The molecule has 2 atom stereocenters. The van der Waals surface area contributed by atoms with Crippen LogP contribution in [0.2, 0.25) is 0 Å². The molecule has 0 spiro atoms. The standard InChI is InChI=1S/C20H19N3O2/c24-16-7-3-6-14(11-16)17-12-18(17)20(25)21-13-15-5-1-2-8-19(15)23-10-4-9-22-23/h1-11,17-18,24H,12-13H2,(H,21,25)/t17-,18+/m1/s1. The number of amides is 1. The van der Waals surface area contributed by atoms with Gasteiger partial charge in [-0.3, -0.25) is 4.79 Å². The van der Waals surface area contributed by atoms with Crippen molar-refractivity contribution in [3.8, 4) is 11.4 Å². The van der Waals surface area contributed by atoms with Gasteiger partial charge in [-0.2, -0.15) is 5.10 Å². The zero-order valence-corrected chi connectivity index (χ0v) is 13.7. The minimum Gasteiger partial charge on any atom is -0.508 e. The van der Waals surface area contributed by atoms with Gasteiger partial charge in [-0.05, 0) is 47.7 Å². The van der Waals surface area contributed by atoms with E-state index >= 15 is 0 Å². The third kappa shape index (κ3) is 3.26. The third-order valence-corrected chi connectivity index (χ3v) is 4.62. The highest BCUT2D eigenvalue weighted by molar-refractivity contribution is 5.83. The fourth-order valence-corrected chi connectivity index (χ4v) is 3.22. The van der Waals surface area contributed by atoms with Gasteiger partial charge in [-0.1, -0.05) is 30.3 Å². The lowest BCUT2D eigenvalue weighted by molar-refractivity contribution is -0.122. The molecule has 2 N–H and O–H groups in total. The maximum atomic E-state index is 12.4. The summed E-state index contributed by atoms with van der Waals surface area (Å²) in [6.07, 6.45) is 4.45. The molecule has 1 amide bonds. The first-order valence-corrected chi connectivity index (χ1v) is 8.37. The van der Waals surface area contributed by atoms with Crippen LogP contribution in [0.5, 0.6) is 5.75 Å². The number of aromatic hydroxyl groups is 1. The fourth-order valence-electron chi connectivity index (χ4n) is 3.22. The van der Waals surface area contributed by atoms with Gasteiger partial charge in [0.15, 0.2) is 0 Å². The lowest BCUT2D eigenvalue weighted by Crippen LogP contribution is -2.25. The molecule has 2 aromatic carbocycles. The van der Waals surface area contributed by atoms with Crippen molar-refractivity contribution in [2.45, 2.75) is 18.9 Å². The molecule has 0 unspecified atom stereocenters. The Morgan fingerprint density at radius 2 is 2.08 bits per heavy atom. The van der Waals surface area contributed by atoms with Crippen LogP contribution < -0.4 is 5.32 Å². The maximum Gasteiger partial charge on any atom is 0.224 e. The Bertz CT molecular complexity index is 889. The Labute approximate surface area is 145 Å². The molecule has 1 aliphatic carbocycles. The molecule has 1 aromatic heterocycles. The molecule has 126 valence electrons. The lowest BCUT2D eigenvalue weighted by atomic mass is 10.1. The summed E-state index contributed by atoms with van der Waals surface area (Å²) in [5.41, 5.74) is 3.01. The van der Waals surface area contributed by atoms with Crippen LogP contribution in [0.1, 0.15) is 23.5 Å². The predicted octanol–water partition coefficient (Wildman–Crippen LogP) is 3.00. The van der Waals surface area contributed by atoms with Gasteiger partial charge in [-0.25, -0.2) is 4.68 Å². The van der Waals surface area contributed by atoms with E-state index in [0.29, 0.717) is 6.54 Å². The van der Waals surface area contributed by atoms with Crippen LogP contribution in [0.15, 0.2) is 67.0 Å². The first-order valence-electron chi connectivity index (χ1n) is 8.37. The molecule has 0 aliphatic heterocycles. The van der Waals surface area contributed by atoms with Gasteiger partial charge < -0.3 is 10.4 Å². The molecule has 25 heavy (non-hydrogen) atoms. The third-order valence-electron chi connectivity index (χ3n) is 4.62. The summed E-state index contributed by atoms with van der Waals surface area (Å²) in [7, 11) is 0. The zero-order chi connectivity index (χ0) is 17.2. The number of rotatable bonds is 5. The number of carbonyl (C=O) groups is 1. The first kappa shape index (κ1) is 15.4. The number of nitrogens with zero attached hydrogens (tertiary/aromatic N) is 2. The van der Waals surface area contributed by atoms with Crippen LogP contribution in [0.4, 0.5) is 0 Å². The van der Waals surface area contributed by atoms with Crippen molar-refractivity contribution < 1.29 is 9.90 Å². The molecule has 5 nitrogen and oxygen atoms in total. The number of phenols is 1. The van der Waals surface area contributed by atoms with Crippen LogP contribution in [0, 0.1) is 5.92 Å². The second-order valence-electron chi connectivity index (χ2n) is 6.34. The summed E-state index contributed by atoms with van der Waals surface area (Å²) in [5, 5.41) is 16.9. The summed E-state index contributed by atoms with van der Waals surface area (Å²) in [6.45, 7) is 0.470. The number of phenolic OH excluding ortho intramolecular Hbond substituents is 1. The van der Waals surface area contributed by atoms with E-state index in [4.69, 9.17) is 0 Å². The highest BCUT2D eigenvalue weighted by Gasteiger charge is 2.43. The highest BCUT2D eigenvalue weighted by atomic mass is 16.3. The Morgan fingerprint density at radius 3 is 2.88 bits per heavy atom. The van der Waals surface area contributed by atoms with Crippen LogP contribution >= 0.6 is 0 Å². The predicted molar refractivity (Wildman–Crippen MR) is 94.4 cm³/mol. The number of aromatic nitrogens is 2. The molecule has 1 heterocycles. The maximum absolute atomic E-state index is 12.4. The van der Waals surface area contributed by atoms with Crippen molar-refractivity contribution >= 4 is 5.91 Å². The second kappa shape index (κ2) is 6.43. The molecular weight excluding hydrogens is 314 g/mol. The van der Waals surface area contributed by atoms with E-state index in [9.17, 15) is 9.90 Å². The van der Waals surface area contributed by atoms with E-state index in [-0.39, 0.29) is 23.5 Å². The lowest BCUT2D eigenvalue weighted by Gasteiger charge is -2.11. The van der Waals surface area contributed by atoms with Crippen molar-refractivity contribution in [2.75, 3.05) is 0 Å². The topological polar surface area (TPSA) is 67.2 Å². The van der Waals surface area contributed by atoms with E-state index in [2.05, 4.69) is 10.4 Å². The molecular formula is C20H19N3O2. The van der Waals surface area contributed by atoms with Gasteiger partial charge in [0.05, 0.1) is 5.69 Å². The summed E-state index contributed by atoms with van der Waals surface area (Å²) in [5.74, 6) is 0.493. The Kier molecular flexibility index (Phi) is 3.98. The van der Waals surface area contributed by atoms with Crippen LogP contribution in [-0.2, 0) is 11.3 Å². The summed E-state index contributed by atoms with van der Waals surface area (Å²) in [4.78, 5) is 12.4. The van der Waals surface area contributed by atoms with Crippen molar-refractivity contribution in [1.82, 2.24) is 15.1 Å². The van der Waals surface area contributed by atoms with E-state index in [1.54, 1.807) is 23.0 Å². The molecule has 1 fully saturated rings. The van der Waals surface area contributed by atoms with Crippen molar-refractivity contribution in [3.05, 3.63) is 78.1 Å². The average molecular weight is 333 g/mol. The van der Waals surface area contributed by atoms with Crippen LogP contribution in [-0.4, -0.2) is 20.8 Å². The monoisotopic (exact) mass is 333 g/mol. The molecule has 1 aliphatic rings. The highest BCUT2D eigenvalue weighted by Crippen LogP contribution is 2.48. The van der Waals surface area contributed by atoms with Gasteiger partial charge in [0.2, 0.25) is 5.91 Å². The molecule has 3 aromatic rings. The molecule has 1 saturated carbocycles. The van der Waals surface area contributed by atoms with Gasteiger partial charge in [0.1, 0.15) is 5.75 Å². The van der Waals surface area contributed by atoms with Gasteiger partial charge in [-0.15, -0.1) is 0 Å². The van der Waals surface area contributed by atoms with Crippen LogP contribution in [0.25, 0.3) is 5.69 Å². The number of para-hydroxylation sites is 1. The number of hydrogen-bond acceptors (Lipinski definition) is 3. The summed E-state index contributed by atoms with van der Waals surface area (Å²) < 4.78 is 1.80. The molecule has 4 rings (SSSR count). The molecule has 5 heteroatoms. The zero-order valence-electron chi connectivity index (χ0n) is 13.7. The number of nitrogens with one attached hydrogen (secondary N) is 1. The van der Waals surface area contributed by atoms with Crippen molar-refractivity contribution in [3.63, 3.8) is 0 Å². The van der Waals surface area contributed by atoms with Gasteiger partial charge in [0, 0.05) is 24.9 Å². The number of benzene rings is 2. The second-order valence-corrected chi connectivity index (χ2v) is 6.34. The smallest absolute Gasteiger partial charge is 0.224 e. The Balaban J connectivity index is 1.41. The number of hydrogen-bond donors (Lipinski definition) is 2. The Morgan fingerprint density at radius 1 is 1.20 bits per heavy atom. The Hall–Kier alpha value is -3.08. The van der Waals surface area contributed by atoms with E-state index in [1.807, 2.05) is 48.7 Å². The minimum atomic E-state index is -0.0151. The van der Waals surface area contributed by atoms with Crippen LogP contribution in [0.3, 0.4) is 0 Å². The quantitative estimate of drug-likeness (QED) is 0.754. The van der Waals surface area contributed by atoms with E-state index in [0.717, 1.165) is 23.2 Å². The van der Waals surface area contributed by atoms with Crippen molar-refractivity contribution in [2.24, 2.45) is 5.92 Å². The molecule has 0 bridgehead atoms. The summed E-state index contributed by atoms with van der Waals surface area (Å²) in [6, 6.07) is 16.9. The summed E-state index contributed by atoms with van der Waals surface area (Å²) >= 11 is 0. The SMILES string of the molecule is O=C(NCc1ccccc1-n1cccn1)[C@H]1C[C@@H]1c1cccc(O)c1. The normalized spacial score (nSPS) is 18.7. The van der Waals surface area contributed by atoms with E-state index < -0.39 is 0 Å². The molecule has 0 saturated heterocycles. The van der Waals surface area contributed by atoms with Crippen molar-refractivity contribution in [1.29, 1.82) is 0 Å². The first-order chi connectivity index (χ1) is 12.2.